The van der Waals surface area contributed by atoms with Crippen LogP contribution in [0.4, 0.5) is 5.82 Å². The van der Waals surface area contributed by atoms with Gasteiger partial charge in [-0.3, -0.25) is 4.68 Å². The smallest absolute Gasteiger partial charge is 0.131 e. The number of aliphatic hydroxyl groups excluding tert-OH is 1. The SMILES string of the molecule is Cc1nn(C)c(N2CCCC(CO)C2)c1CN. The molecule has 1 aliphatic rings. The number of aryl methyl sites for hydroxylation is 2. The number of hydrogen-bond donors (Lipinski definition) is 2. The molecule has 5 nitrogen and oxygen atoms in total. The first kappa shape index (κ1) is 12.4. The summed E-state index contributed by atoms with van der Waals surface area (Å²) < 4.78 is 1.91. The zero-order valence-corrected chi connectivity index (χ0v) is 10.7. The summed E-state index contributed by atoms with van der Waals surface area (Å²) in [5.41, 5.74) is 7.95. The van der Waals surface area contributed by atoms with Crippen LogP contribution in [0.2, 0.25) is 0 Å². The first-order valence-corrected chi connectivity index (χ1v) is 6.25. The minimum absolute atomic E-state index is 0.269. The number of hydrogen-bond acceptors (Lipinski definition) is 4. The van der Waals surface area contributed by atoms with E-state index in [0.717, 1.165) is 43.0 Å². The van der Waals surface area contributed by atoms with E-state index in [4.69, 9.17) is 5.73 Å². The Morgan fingerprint density at radius 1 is 1.53 bits per heavy atom. The lowest BCUT2D eigenvalue weighted by atomic mass is 9.98. The molecule has 0 amide bonds. The molecule has 1 unspecified atom stereocenters. The number of nitrogens with two attached hydrogens (primary N) is 1. The Morgan fingerprint density at radius 3 is 2.94 bits per heavy atom. The van der Waals surface area contributed by atoms with Crippen LogP contribution in [0.15, 0.2) is 0 Å². The highest BCUT2D eigenvalue weighted by molar-refractivity contribution is 5.50. The summed E-state index contributed by atoms with van der Waals surface area (Å²) in [6.45, 7) is 4.73. The van der Waals surface area contributed by atoms with E-state index in [1.807, 2.05) is 18.7 Å². The molecule has 0 bridgehead atoms. The largest absolute Gasteiger partial charge is 0.396 e. The van der Waals surface area contributed by atoms with Crippen molar-refractivity contribution in [1.29, 1.82) is 0 Å². The Bertz CT molecular complexity index is 388. The fourth-order valence-corrected chi connectivity index (χ4v) is 2.73. The van der Waals surface area contributed by atoms with Crippen LogP contribution in [0.25, 0.3) is 0 Å². The average molecular weight is 238 g/mol. The second-order valence-electron chi connectivity index (χ2n) is 4.85. The van der Waals surface area contributed by atoms with Gasteiger partial charge in [-0.1, -0.05) is 0 Å². The first-order valence-electron chi connectivity index (χ1n) is 6.25. The molecule has 3 N–H and O–H groups in total. The molecule has 2 rings (SSSR count). The van der Waals surface area contributed by atoms with Gasteiger partial charge in [-0.15, -0.1) is 0 Å². The molecule has 96 valence electrons. The van der Waals surface area contributed by atoms with E-state index in [9.17, 15) is 5.11 Å². The maximum Gasteiger partial charge on any atom is 0.131 e. The minimum atomic E-state index is 0.269. The van der Waals surface area contributed by atoms with Crippen molar-refractivity contribution in [2.24, 2.45) is 18.7 Å². The van der Waals surface area contributed by atoms with E-state index in [0.29, 0.717) is 12.5 Å². The summed E-state index contributed by atoms with van der Waals surface area (Å²) in [6.07, 6.45) is 2.24. The molecule has 1 fully saturated rings. The molecule has 1 saturated heterocycles. The topological polar surface area (TPSA) is 67.3 Å². The predicted octanol–water partition coefficient (Wildman–Crippen LogP) is 0.396. The van der Waals surface area contributed by atoms with Crippen molar-refractivity contribution in [3.05, 3.63) is 11.3 Å². The molecule has 1 atom stereocenters. The molecule has 17 heavy (non-hydrogen) atoms. The fraction of sp³-hybridized carbons (Fsp3) is 0.750. The Morgan fingerprint density at radius 2 is 2.29 bits per heavy atom. The Kier molecular flexibility index (Phi) is 3.69. The summed E-state index contributed by atoms with van der Waals surface area (Å²) >= 11 is 0. The Balaban J connectivity index is 2.26. The first-order chi connectivity index (χ1) is 8.17. The van der Waals surface area contributed by atoms with Crippen molar-refractivity contribution in [3.63, 3.8) is 0 Å². The van der Waals surface area contributed by atoms with Crippen LogP contribution in [0.5, 0.6) is 0 Å². The molecule has 0 saturated carbocycles. The van der Waals surface area contributed by atoms with E-state index in [1.54, 1.807) is 0 Å². The molecular weight excluding hydrogens is 216 g/mol. The van der Waals surface area contributed by atoms with Crippen LogP contribution in [-0.2, 0) is 13.6 Å². The maximum absolute atomic E-state index is 9.28. The second-order valence-corrected chi connectivity index (χ2v) is 4.85. The highest BCUT2D eigenvalue weighted by Gasteiger charge is 2.24. The van der Waals surface area contributed by atoms with Crippen molar-refractivity contribution in [3.8, 4) is 0 Å². The van der Waals surface area contributed by atoms with Crippen LogP contribution in [0.3, 0.4) is 0 Å². The molecule has 2 heterocycles. The van der Waals surface area contributed by atoms with Gasteiger partial charge >= 0.3 is 0 Å². The van der Waals surface area contributed by atoms with E-state index in [-0.39, 0.29) is 6.61 Å². The van der Waals surface area contributed by atoms with E-state index >= 15 is 0 Å². The standard InChI is InChI=1S/C12H22N4O/c1-9-11(6-13)12(15(2)14-9)16-5-3-4-10(7-16)8-17/h10,17H,3-8,13H2,1-2H3. The lowest BCUT2D eigenvalue weighted by molar-refractivity contribution is 0.208. The van der Waals surface area contributed by atoms with Gasteiger partial charge in [0.25, 0.3) is 0 Å². The number of anilines is 1. The van der Waals surface area contributed by atoms with E-state index < -0.39 is 0 Å². The molecule has 1 aliphatic heterocycles. The number of piperidine rings is 1. The lowest BCUT2D eigenvalue weighted by Gasteiger charge is -2.34. The molecule has 0 aliphatic carbocycles. The number of aromatic nitrogens is 2. The quantitative estimate of drug-likeness (QED) is 0.799. The monoisotopic (exact) mass is 238 g/mol. The molecule has 1 aromatic rings. The third kappa shape index (κ3) is 2.30. The van der Waals surface area contributed by atoms with Gasteiger partial charge in [0.1, 0.15) is 5.82 Å². The molecule has 0 aromatic carbocycles. The van der Waals surface area contributed by atoms with Crippen LogP contribution in [0.1, 0.15) is 24.1 Å². The minimum Gasteiger partial charge on any atom is -0.396 e. The zero-order valence-electron chi connectivity index (χ0n) is 10.7. The van der Waals surface area contributed by atoms with Gasteiger partial charge in [0.05, 0.1) is 5.69 Å². The van der Waals surface area contributed by atoms with Gasteiger partial charge < -0.3 is 15.7 Å². The molecular formula is C12H22N4O. The van der Waals surface area contributed by atoms with Crippen molar-refractivity contribution in [1.82, 2.24) is 9.78 Å². The summed E-state index contributed by atoms with van der Waals surface area (Å²) in [5, 5.41) is 13.7. The van der Waals surface area contributed by atoms with E-state index in [1.165, 1.54) is 0 Å². The summed E-state index contributed by atoms with van der Waals surface area (Å²) in [7, 11) is 1.96. The summed E-state index contributed by atoms with van der Waals surface area (Å²) in [6, 6.07) is 0. The highest BCUT2D eigenvalue weighted by Crippen LogP contribution is 2.27. The zero-order chi connectivity index (χ0) is 12.4. The number of nitrogens with zero attached hydrogens (tertiary/aromatic N) is 3. The van der Waals surface area contributed by atoms with Gasteiger partial charge in [-0.25, -0.2) is 0 Å². The van der Waals surface area contributed by atoms with Crippen molar-refractivity contribution >= 4 is 5.82 Å². The van der Waals surface area contributed by atoms with Crippen molar-refractivity contribution in [2.75, 3.05) is 24.6 Å². The number of rotatable bonds is 3. The summed E-state index contributed by atoms with van der Waals surface area (Å²) in [5.74, 6) is 1.51. The van der Waals surface area contributed by atoms with Crippen LogP contribution in [0, 0.1) is 12.8 Å². The highest BCUT2D eigenvalue weighted by atomic mass is 16.3. The number of aliphatic hydroxyl groups is 1. The molecule has 0 radical (unpaired) electrons. The summed E-state index contributed by atoms with van der Waals surface area (Å²) in [4.78, 5) is 2.31. The Labute approximate surface area is 102 Å². The van der Waals surface area contributed by atoms with Crippen molar-refractivity contribution < 1.29 is 5.11 Å². The molecule has 0 spiro atoms. The average Bonchev–Trinajstić information content (AvgIpc) is 2.63. The van der Waals surface area contributed by atoms with Gasteiger partial charge in [0, 0.05) is 38.9 Å². The van der Waals surface area contributed by atoms with Gasteiger partial charge in [0.15, 0.2) is 0 Å². The molecule has 1 aromatic heterocycles. The predicted molar refractivity (Wildman–Crippen MR) is 67.9 cm³/mol. The van der Waals surface area contributed by atoms with E-state index in [2.05, 4.69) is 10.00 Å². The second kappa shape index (κ2) is 5.06. The van der Waals surface area contributed by atoms with Crippen LogP contribution in [-0.4, -0.2) is 34.6 Å². The third-order valence-corrected chi connectivity index (χ3v) is 3.59. The van der Waals surface area contributed by atoms with Crippen LogP contribution >= 0.6 is 0 Å². The Hall–Kier alpha value is -1.07. The van der Waals surface area contributed by atoms with Gasteiger partial charge in [0.2, 0.25) is 0 Å². The van der Waals surface area contributed by atoms with Gasteiger partial charge in [-0.2, -0.15) is 5.10 Å². The molecule has 5 heteroatoms. The lowest BCUT2D eigenvalue weighted by Crippen LogP contribution is -2.38. The van der Waals surface area contributed by atoms with Gasteiger partial charge in [-0.05, 0) is 25.7 Å². The normalized spacial score (nSPS) is 20.9. The van der Waals surface area contributed by atoms with Crippen molar-refractivity contribution in [2.45, 2.75) is 26.3 Å². The van der Waals surface area contributed by atoms with Crippen LogP contribution < -0.4 is 10.6 Å². The maximum atomic E-state index is 9.28. The fourth-order valence-electron chi connectivity index (χ4n) is 2.73. The third-order valence-electron chi connectivity index (χ3n) is 3.59.